The number of aliphatic carboxylic acids is 1. The molecule has 0 saturated heterocycles. The van der Waals surface area contributed by atoms with E-state index in [0.717, 1.165) is 12.0 Å². The second kappa shape index (κ2) is 8.36. The van der Waals surface area contributed by atoms with Crippen molar-refractivity contribution >= 4 is 12.0 Å². The highest BCUT2D eigenvalue weighted by Gasteiger charge is 2.20. The zero-order chi connectivity index (χ0) is 16.7. The van der Waals surface area contributed by atoms with Crippen LogP contribution in [0.2, 0.25) is 0 Å². The lowest BCUT2D eigenvalue weighted by Gasteiger charge is -2.29. The molecule has 0 saturated carbocycles. The fraction of sp³-hybridized carbons (Fsp3) is 0.444. The Balaban J connectivity index is 1.97. The summed E-state index contributed by atoms with van der Waals surface area (Å²) in [5.41, 5.74) is 2.29. The molecule has 1 aliphatic heterocycles. The molecule has 0 aromatic heterocycles. The molecule has 1 atom stereocenters. The predicted molar refractivity (Wildman–Crippen MR) is 89.3 cm³/mol. The summed E-state index contributed by atoms with van der Waals surface area (Å²) in [7, 11) is 0. The van der Waals surface area contributed by atoms with Crippen molar-refractivity contribution in [3.05, 3.63) is 47.5 Å². The molecule has 0 spiro atoms. The Morgan fingerprint density at radius 2 is 2.04 bits per heavy atom. The van der Waals surface area contributed by atoms with Crippen LogP contribution in [-0.4, -0.2) is 41.1 Å². The number of hydrogen-bond acceptors (Lipinski definition) is 2. The first kappa shape index (κ1) is 17.1. The van der Waals surface area contributed by atoms with Crippen LogP contribution in [0.5, 0.6) is 0 Å². The lowest BCUT2D eigenvalue weighted by Crippen LogP contribution is -2.47. The molecular weight excluding hydrogens is 292 g/mol. The normalized spacial score (nSPS) is 15.7. The van der Waals surface area contributed by atoms with E-state index in [-0.39, 0.29) is 18.5 Å². The summed E-state index contributed by atoms with van der Waals surface area (Å²) in [5.74, 6) is -0.839. The number of nitrogens with zero attached hydrogens (tertiary/aromatic N) is 1. The van der Waals surface area contributed by atoms with Crippen LogP contribution in [-0.2, 0) is 11.2 Å². The number of carbonyl (C=O) groups is 2. The van der Waals surface area contributed by atoms with Crippen LogP contribution in [0.15, 0.2) is 42.0 Å². The third-order valence-electron chi connectivity index (χ3n) is 3.98. The van der Waals surface area contributed by atoms with Gasteiger partial charge in [-0.25, -0.2) is 4.79 Å². The van der Waals surface area contributed by atoms with Gasteiger partial charge in [-0.15, -0.1) is 0 Å². The summed E-state index contributed by atoms with van der Waals surface area (Å²) in [6.07, 6.45) is 4.14. The van der Waals surface area contributed by atoms with Crippen molar-refractivity contribution in [2.75, 3.05) is 13.1 Å². The molecule has 0 bridgehead atoms. The number of carboxylic acid groups (broad SMARTS) is 1. The second-order valence-corrected chi connectivity index (χ2v) is 6.03. The summed E-state index contributed by atoms with van der Waals surface area (Å²) in [6, 6.07) is 9.54. The molecule has 124 valence electrons. The van der Waals surface area contributed by atoms with Gasteiger partial charge in [-0.1, -0.05) is 42.0 Å². The van der Waals surface area contributed by atoms with Gasteiger partial charge in [0.1, 0.15) is 0 Å². The van der Waals surface area contributed by atoms with Gasteiger partial charge in [0.05, 0.1) is 0 Å². The third kappa shape index (κ3) is 5.77. The first-order valence-electron chi connectivity index (χ1n) is 8.01. The Hall–Kier alpha value is -2.30. The van der Waals surface area contributed by atoms with Crippen molar-refractivity contribution in [1.82, 2.24) is 10.2 Å². The molecule has 1 aromatic rings. The number of rotatable bonds is 6. The van der Waals surface area contributed by atoms with Gasteiger partial charge in [-0.05, 0) is 31.7 Å². The molecule has 0 aliphatic carbocycles. The molecule has 5 heteroatoms. The Labute approximate surface area is 137 Å². The minimum absolute atomic E-state index is 0.0523. The van der Waals surface area contributed by atoms with Crippen molar-refractivity contribution in [1.29, 1.82) is 0 Å². The van der Waals surface area contributed by atoms with Gasteiger partial charge in [0.2, 0.25) is 0 Å². The second-order valence-electron chi connectivity index (χ2n) is 6.03. The number of urea groups is 1. The first-order chi connectivity index (χ1) is 11.0. The average Bonchev–Trinajstić information content (AvgIpc) is 2.53. The number of amides is 2. The molecule has 1 heterocycles. The van der Waals surface area contributed by atoms with Gasteiger partial charge in [0, 0.05) is 25.6 Å². The lowest BCUT2D eigenvalue weighted by atomic mass is 10.0. The van der Waals surface area contributed by atoms with Crippen molar-refractivity contribution in [2.45, 2.75) is 38.6 Å². The molecule has 2 N–H and O–H groups in total. The van der Waals surface area contributed by atoms with Crippen LogP contribution >= 0.6 is 0 Å². The van der Waals surface area contributed by atoms with Crippen LogP contribution in [0.3, 0.4) is 0 Å². The SMILES string of the molecule is CC1=CCCN(C(=O)NC(CCC(=O)O)Cc2ccccc2)C1. The summed E-state index contributed by atoms with van der Waals surface area (Å²) >= 11 is 0. The predicted octanol–water partition coefficient (Wildman–Crippen LogP) is 2.82. The van der Waals surface area contributed by atoms with E-state index >= 15 is 0 Å². The Morgan fingerprint density at radius 3 is 2.70 bits per heavy atom. The molecular formula is C18H24N2O3. The lowest BCUT2D eigenvalue weighted by molar-refractivity contribution is -0.137. The smallest absolute Gasteiger partial charge is 0.317 e. The van der Waals surface area contributed by atoms with Gasteiger partial charge in [-0.2, -0.15) is 0 Å². The fourth-order valence-corrected chi connectivity index (χ4v) is 2.77. The molecule has 0 radical (unpaired) electrons. The van der Waals surface area contributed by atoms with E-state index in [1.165, 1.54) is 5.57 Å². The Bertz CT molecular complexity index is 569. The minimum atomic E-state index is -0.839. The van der Waals surface area contributed by atoms with Crippen molar-refractivity contribution in [3.63, 3.8) is 0 Å². The highest BCUT2D eigenvalue weighted by molar-refractivity contribution is 5.75. The maximum atomic E-state index is 12.4. The standard InChI is InChI=1S/C18H24N2O3/c1-14-6-5-11-20(13-14)18(23)19-16(9-10-17(21)22)12-15-7-3-2-4-8-15/h2-4,6-8,16H,5,9-13H2,1H3,(H,19,23)(H,21,22). The highest BCUT2D eigenvalue weighted by Crippen LogP contribution is 2.12. The maximum absolute atomic E-state index is 12.4. The van der Waals surface area contributed by atoms with E-state index in [1.54, 1.807) is 4.90 Å². The molecule has 0 fully saturated rings. The molecule has 1 aromatic carbocycles. The first-order valence-corrected chi connectivity index (χ1v) is 8.01. The molecule has 5 nitrogen and oxygen atoms in total. The van der Waals surface area contributed by atoms with E-state index in [9.17, 15) is 9.59 Å². The van der Waals surface area contributed by atoms with Crippen LogP contribution in [0.25, 0.3) is 0 Å². The fourth-order valence-electron chi connectivity index (χ4n) is 2.77. The van der Waals surface area contributed by atoms with E-state index in [4.69, 9.17) is 5.11 Å². The van der Waals surface area contributed by atoms with Gasteiger partial charge >= 0.3 is 12.0 Å². The third-order valence-corrected chi connectivity index (χ3v) is 3.98. The van der Waals surface area contributed by atoms with Crippen molar-refractivity contribution in [3.8, 4) is 0 Å². The van der Waals surface area contributed by atoms with Crippen LogP contribution in [0, 0.1) is 0 Å². The molecule has 23 heavy (non-hydrogen) atoms. The van der Waals surface area contributed by atoms with E-state index in [0.29, 0.717) is 25.9 Å². The Morgan fingerprint density at radius 1 is 1.30 bits per heavy atom. The summed E-state index contributed by atoms with van der Waals surface area (Å²) < 4.78 is 0. The number of carbonyl (C=O) groups excluding carboxylic acids is 1. The van der Waals surface area contributed by atoms with E-state index in [2.05, 4.69) is 11.4 Å². The molecule has 2 rings (SSSR count). The number of hydrogen-bond donors (Lipinski definition) is 2. The van der Waals surface area contributed by atoms with Crippen molar-refractivity contribution in [2.24, 2.45) is 0 Å². The highest BCUT2D eigenvalue weighted by atomic mass is 16.4. The van der Waals surface area contributed by atoms with Gasteiger partial charge in [0.15, 0.2) is 0 Å². The quantitative estimate of drug-likeness (QED) is 0.793. The summed E-state index contributed by atoms with van der Waals surface area (Å²) in [5, 5.41) is 11.9. The van der Waals surface area contributed by atoms with E-state index in [1.807, 2.05) is 37.3 Å². The maximum Gasteiger partial charge on any atom is 0.317 e. The molecule has 2 amide bonds. The van der Waals surface area contributed by atoms with Gasteiger partial charge in [-0.3, -0.25) is 4.79 Å². The average molecular weight is 316 g/mol. The summed E-state index contributed by atoms with van der Waals surface area (Å²) in [4.78, 5) is 25.1. The topological polar surface area (TPSA) is 69.6 Å². The zero-order valence-corrected chi connectivity index (χ0v) is 13.5. The number of carboxylic acids is 1. The van der Waals surface area contributed by atoms with Gasteiger partial charge < -0.3 is 15.3 Å². The summed E-state index contributed by atoms with van der Waals surface area (Å²) in [6.45, 7) is 3.37. The molecule has 1 aliphatic rings. The monoisotopic (exact) mass is 316 g/mol. The minimum Gasteiger partial charge on any atom is -0.481 e. The number of nitrogens with one attached hydrogen (secondary N) is 1. The van der Waals surface area contributed by atoms with Crippen LogP contribution in [0.4, 0.5) is 4.79 Å². The van der Waals surface area contributed by atoms with Crippen LogP contribution < -0.4 is 5.32 Å². The van der Waals surface area contributed by atoms with Crippen molar-refractivity contribution < 1.29 is 14.7 Å². The number of benzene rings is 1. The van der Waals surface area contributed by atoms with Gasteiger partial charge in [0.25, 0.3) is 0 Å². The Kier molecular flexibility index (Phi) is 6.20. The van der Waals surface area contributed by atoms with Crippen LogP contribution in [0.1, 0.15) is 31.7 Å². The zero-order valence-electron chi connectivity index (χ0n) is 13.5. The van der Waals surface area contributed by atoms with E-state index < -0.39 is 5.97 Å². The largest absolute Gasteiger partial charge is 0.481 e. The molecule has 1 unspecified atom stereocenters.